The topological polar surface area (TPSA) is 56.6 Å². The second kappa shape index (κ2) is 5.40. The van der Waals surface area contributed by atoms with E-state index in [0.29, 0.717) is 24.4 Å². The molecule has 7 heteroatoms. The summed E-state index contributed by atoms with van der Waals surface area (Å²) >= 11 is 0. The van der Waals surface area contributed by atoms with E-state index in [1.165, 1.54) is 0 Å². The van der Waals surface area contributed by atoms with Gasteiger partial charge in [-0.15, -0.1) is 0 Å². The molecular weight excluding hydrogens is 264 g/mol. The van der Waals surface area contributed by atoms with Crippen LogP contribution in [0.5, 0.6) is 0 Å². The van der Waals surface area contributed by atoms with Crippen LogP contribution in [0.25, 0.3) is 0 Å². The van der Waals surface area contributed by atoms with Crippen molar-refractivity contribution in [3.8, 4) is 0 Å². The summed E-state index contributed by atoms with van der Waals surface area (Å²) in [6.45, 7) is 8.09. The SMILES string of the molecule is C1OC1CN(CC1CO1)[SiH2]N(CC1CO1)CC1CO1. The Balaban J connectivity index is 1.29. The van der Waals surface area contributed by atoms with Gasteiger partial charge in [0.05, 0.1) is 50.8 Å². The summed E-state index contributed by atoms with van der Waals surface area (Å²) in [5.74, 6) is 0. The number of nitrogens with zero attached hydrogens (tertiary/aromatic N) is 2. The molecule has 108 valence electrons. The van der Waals surface area contributed by atoms with Crippen molar-refractivity contribution >= 4 is 9.84 Å². The number of hydrogen-bond acceptors (Lipinski definition) is 6. The third-order valence-corrected chi connectivity index (χ3v) is 5.69. The van der Waals surface area contributed by atoms with E-state index in [9.17, 15) is 0 Å². The zero-order valence-corrected chi connectivity index (χ0v) is 12.6. The lowest BCUT2D eigenvalue weighted by Gasteiger charge is -2.28. The second-order valence-corrected chi connectivity index (χ2v) is 8.11. The number of ether oxygens (including phenoxy) is 4. The van der Waals surface area contributed by atoms with Crippen LogP contribution in [0.4, 0.5) is 0 Å². The van der Waals surface area contributed by atoms with Gasteiger partial charge in [-0.25, -0.2) is 0 Å². The quantitative estimate of drug-likeness (QED) is 0.348. The molecule has 4 rings (SSSR count). The number of epoxide rings is 4. The van der Waals surface area contributed by atoms with Crippen molar-refractivity contribution in [1.29, 1.82) is 0 Å². The van der Waals surface area contributed by atoms with Gasteiger partial charge in [-0.1, -0.05) is 0 Å². The van der Waals surface area contributed by atoms with Crippen LogP contribution in [0.3, 0.4) is 0 Å². The third kappa shape index (κ3) is 4.49. The molecule has 0 aromatic carbocycles. The Labute approximate surface area is 115 Å². The average molecular weight is 286 g/mol. The van der Waals surface area contributed by atoms with Gasteiger partial charge in [0, 0.05) is 26.2 Å². The molecule has 0 aromatic heterocycles. The first kappa shape index (κ1) is 12.7. The van der Waals surface area contributed by atoms with Gasteiger partial charge in [0.2, 0.25) is 0 Å². The summed E-state index contributed by atoms with van der Waals surface area (Å²) in [6.07, 6.45) is 1.90. The van der Waals surface area contributed by atoms with E-state index in [4.69, 9.17) is 18.9 Å². The molecule has 0 bridgehead atoms. The van der Waals surface area contributed by atoms with Crippen molar-refractivity contribution in [2.45, 2.75) is 24.4 Å². The molecular formula is C12H22N2O4Si. The Bertz CT molecular complexity index is 261. The molecule has 4 saturated heterocycles. The van der Waals surface area contributed by atoms with E-state index in [1.807, 2.05) is 0 Å². The van der Waals surface area contributed by atoms with E-state index in [-0.39, 0.29) is 0 Å². The maximum Gasteiger partial charge on any atom is 0.173 e. The Morgan fingerprint density at radius 2 is 0.895 bits per heavy atom. The molecule has 0 aromatic rings. The normalized spacial score (nSPS) is 39.5. The van der Waals surface area contributed by atoms with Crippen molar-refractivity contribution in [1.82, 2.24) is 9.13 Å². The smallest absolute Gasteiger partial charge is 0.173 e. The zero-order chi connectivity index (χ0) is 12.7. The molecule has 6 nitrogen and oxygen atoms in total. The van der Waals surface area contributed by atoms with Gasteiger partial charge < -0.3 is 28.1 Å². The predicted octanol–water partition coefficient (Wildman–Crippen LogP) is -1.82. The zero-order valence-electron chi connectivity index (χ0n) is 11.2. The molecule has 4 aliphatic heterocycles. The monoisotopic (exact) mass is 286 g/mol. The number of hydrogen-bond donors (Lipinski definition) is 0. The standard InChI is InChI=1S/C12H22N2O4Si/c1(9-5-15-9)13(2-10-6-16-10)19-14(3-11-7-17-11)4-12-8-18-12/h9-12H,1-8,19H2. The Morgan fingerprint density at radius 1 is 0.632 bits per heavy atom. The predicted molar refractivity (Wildman–Crippen MR) is 70.7 cm³/mol. The molecule has 4 aliphatic rings. The fraction of sp³-hybridized carbons (Fsp3) is 1.00. The lowest BCUT2D eigenvalue weighted by molar-refractivity contribution is 0.268. The highest BCUT2D eigenvalue weighted by Crippen LogP contribution is 2.18. The lowest BCUT2D eigenvalue weighted by Crippen LogP contribution is -2.47. The van der Waals surface area contributed by atoms with E-state index >= 15 is 0 Å². The van der Waals surface area contributed by atoms with Crippen LogP contribution >= 0.6 is 0 Å². The summed E-state index contributed by atoms with van der Waals surface area (Å²) in [7, 11) is -0.425. The third-order valence-electron chi connectivity index (χ3n) is 3.86. The van der Waals surface area contributed by atoms with Gasteiger partial charge in [-0.05, 0) is 0 Å². The maximum atomic E-state index is 5.38. The largest absolute Gasteiger partial charge is 0.372 e. The van der Waals surface area contributed by atoms with Gasteiger partial charge in [0.25, 0.3) is 0 Å². The van der Waals surface area contributed by atoms with Crippen LogP contribution < -0.4 is 0 Å². The molecule has 4 heterocycles. The molecule has 19 heavy (non-hydrogen) atoms. The highest BCUT2D eigenvalue weighted by Gasteiger charge is 2.35. The van der Waals surface area contributed by atoms with E-state index in [0.717, 1.165) is 52.6 Å². The van der Waals surface area contributed by atoms with Crippen LogP contribution in [0.15, 0.2) is 0 Å². The minimum Gasteiger partial charge on any atom is -0.372 e. The van der Waals surface area contributed by atoms with Gasteiger partial charge in [-0.2, -0.15) is 0 Å². The first-order valence-electron chi connectivity index (χ1n) is 7.26. The van der Waals surface area contributed by atoms with Crippen molar-refractivity contribution in [2.75, 3.05) is 52.6 Å². The van der Waals surface area contributed by atoms with Crippen LogP contribution in [0, 0.1) is 0 Å². The molecule has 0 spiro atoms. The summed E-state index contributed by atoms with van der Waals surface area (Å²) in [4.78, 5) is 0. The lowest BCUT2D eigenvalue weighted by atomic mass is 10.4. The summed E-state index contributed by atoms with van der Waals surface area (Å²) in [5, 5.41) is 0. The molecule has 0 radical (unpaired) electrons. The molecule has 0 saturated carbocycles. The van der Waals surface area contributed by atoms with Crippen LogP contribution in [0.1, 0.15) is 0 Å². The fourth-order valence-corrected chi connectivity index (χ4v) is 4.69. The van der Waals surface area contributed by atoms with E-state index < -0.39 is 9.84 Å². The molecule has 0 amide bonds. The van der Waals surface area contributed by atoms with Gasteiger partial charge in [0.1, 0.15) is 0 Å². The van der Waals surface area contributed by atoms with Gasteiger partial charge in [-0.3, -0.25) is 0 Å². The minimum atomic E-state index is -0.425. The van der Waals surface area contributed by atoms with Crippen molar-refractivity contribution in [2.24, 2.45) is 0 Å². The van der Waals surface area contributed by atoms with Crippen LogP contribution in [0.2, 0.25) is 0 Å². The van der Waals surface area contributed by atoms with Crippen molar-refractivity contribution < 1.29 is 18.9 Å². The molecule has 4 atom stereocenters. The minimum absolute atomic E-state index is 0.425. The molecule has 0 aliphatic carbocycles. The van der Waals surface area contributed by atoms with Gasteiger partial charge >= 0.3 is 0 Å². The Kier molecular flexibility index (Phi) is 3.61. The number of rotatable bonds is 10. The Hall–Kier alpha value is -0.0231. The van der Waals surface area contributed by atoms with Crippen LogP contribution in [-0.4, -0.2) is 96.0 Å². The summed E-state index contributed by atoms with van der Waals surface area (Å²) in [6, 6.07) is 0. The average Bonchev–Trinajstić information content (AvgIpc) is 3.17. The Morgan fingerprint density at radius 3 is 1.11 bits per heavy atom. The van der Waals surface area contributed by atoms with Crippen molar-refractivity contribution in [3.05, 3.63) is 0 Å². The highest BCUT2D eigenvalue weighted by molar-refractivity contribution is 6.28. The van der Waals surface area contributed by atoms with Crippen molar-refractivity contribution in [3.63, 3.8) is 0 Å². The second-order valence-electron chi connectivity index (χ2n) is 6.03. The molecule has 0 N–H and O–H groups in total. The van der Waals surface area contributed by atoms with Gasteiger partial charge in [0.15, 0.2) is 9.84 Å². The highest BCUT2D eigenvalue weighted by atomic mass is 28.2. The van der Waals surface area contributed by atoms with Crippen LogP contribution in [-0.2, 0) is 18.9 Å². The summed E-state index contributed by atoms with van der Waals surface area (Å²) in [5.41, 5.74) is 0. The summed E-state index contributed by atoms with van der Waals surface area (Å²) < 4.78 is 26.7. The fourth-order valence-electron chi connectivity index (χ4n) is 2.51. The van der Waals surface area contributed by atoms with E-state index in [1.54, 1.807) is 0 Å². The first-order valence-corrected chi connectivity index (χ1v) is 8.53. The molecule has 4 unspecified atom stereocenters. The first-order chi connectivity index (χ1) is 9.35. The van der Waals surface area contributed by atoms with E-state index in [2.05, 4.69) is 9.13 Å². The maximum absolute atomic E-state index is 5.38. The molecule has 4 fully saturated rings.